The van der Waals surface area contributed by atoms with Gasteiger partial charge in [-0.3, -0.25) is 4.79 Å². The molecule has 1 rings (SSSR count). The molecule has 1 aromatic rings. The summed E-state index contributed by atoms with van der Waals surface area (Å²) >= 11 is 0. The quantitative estimate of drug-likeness (QED) is 0.891. The molecule has 0 spiro atoms. The van der Waals surface area contributed by atoms with Gasteiger partial charge in [-0.05, 0) is 23.5 Å². The van der Waals surface area contributed by atoms with Crippen LogP contribution in [-0.4, -0.2) is 12.1 Å². The van der Waals surface area contributed by atoms with E-state index in [2.05, 4.69) is 0 Å². The van der Waals surface area contributed by atoms with Gasteiger partial charge >= 0.3 is 12.1 Å². The van der Waals surface area contributed by atoms with E-state index in [1.165, 1.54) is 0 Å². The molecule has 2 nitrogen and oxygen atoms in total. The summed E-state index contributed by atoms with van der Waals surface area (Å²) in [7, 11) is 0. The number of nitrogens with one attached hydrogen (secondary N) is 1. The van der Waals surface area contributed by atoms with Gasteiger partial charge in [0, 0.05) is 0 Å². The lowest BCUT2D eigenvalue weighted by molar-refractivity contribution is -0.174. The first-order chi connectivity index (χ1) is 8.75. The average molecular weight is 273 g/mol. The fourth-order valence-electron chi connectivity index (χ4n) is 1.82. The fraction of sp³-hybridized carbons (Fsp3) is 0.500. The molecule has 106 valence electrons. The Morgan fingerprint density at radius 2 is 1.74 bits per heavy atom. The van der Waals surface area contributed by atoms with Gasteiger partial charge in [0.2, 0.25) is 0 Å². The minimum atomic E-state index is -4.85. The molecule has 0 heterocycles. The molecular weight excluding hydrogens is 255 g/mol. The number of carbonyl (C=O) groups excluding carboxylic acids is 1. The molecular formula is C14H18F3NO. The standard InChI is InChI=1S/C14H18F3NO/c1-4-10-5-7-11(8-6-10)12(9(2)3)18-13(19)14(15,16)17/h5-9,12H,4H2,1-3H3,(H,18,19). The van der Waals surface area contributed by atoms with Gasteiger partial charge in [0.15, 0.2) is 0 Å². The van der Waals surface area contributed by atoms with Crippen LogP contribution in [0, 0.1) is 5.92 Å². The van der Waals surface area contributed by atoms with Gasteiger partial charge in [-0.1, -0.05) is 45.0 Å². The third kappa shape index (κ3) is 4.26. The average Bonchev–Trinajstić information content (AvgIpc) is 2.34. The summed E-state index contributed by atoms with van der Waals surface area (Å²) in [5.74, 6) is -2.02. The molecule has 1 N–H and O–H groups in total. The lowest BCUT2D eigenvalue weighted by atomic mass is 9.95. The van der Waals surface area contributed by atoms with E-state index < -0.39 is 18.1 Å². The highest BCUT2D eigenvalue weighted by Crippen LogP contribution is 2.24. The van der Waals surface area contributed by atoms with Crippen LogP contribution in [0.25, 0.3) is 0 Å². The molecule has 19 heavy (non-hydrogen) atoms. The summed E-state index contributed by atoms with van der Waals surface area (Å²) in [6.45, 7) is 5.55. The van der Waals surface area contributed by atoms with Crippen LogP contribution >= 0.6 is 0 Å². The van der Waals surface area contributed by atoms with Crippen LogP contribution in [0.2, 0.25) is 0 Å². The van der Waals surface area contributed by atoms with Crippen molar-refractivity contribution in [1.29, 1.82) is 0 Å². The van der Waals surface area contributed by atoms with E-state index >= 15 is 0 Å². The van der Waals surface area contributed by atoms with Crippen molar-refractivity contribution in [2.75, 3.05) is 0 Å². The lowest BCUT2D eigenvalue weighted by Crippen LogP contribution is -2.40. The minimum Gasteiger partial charge on any atom is -0.341 e. The predicted octanol–water partition coefficient (Wildman–Crippen LogP) is 3.62. The molecule has 0 aliphatic carbocycles. The lowest BCUT2D eigenvalue weighted by Gasteiger charge is -2.23. The fourth-order valence-corrected chi connectivity index (χ4v) is 1.82. The molecule has 1 atom stereocenters. The summed E-state index contributed by atoms with van der Waals surface area (Å²) < 4.78 is 36.9. The molecule has 0 aliphatic heterocycles. The molecule has 0 saturated heterocycles. The summed E-state index contributed by atoms with van der Waals surface area (Å²) in [4.78, 5) is 11.0. The number of carbonyl (C=O) groups is 1. The topological polar surface area (TPSA) is 29.1 Å². The molecule has 5 heteroatoms. The van der Waals surface area contributed by atoms with Gasteiger partial charge < -0.3 is 5.32 Å². The van der Waals surface area contributed by atoms with Crippen LogP contribution in [0.5, 0.6) is 0 Å². The van der Waals surface area contributed by atoms with Crippen molar-refractivity contribution < 1.29 is 18.0 Å². The highest BCUT2D eigenvalue weighted by molar-refractivity contribution is 5.82. The number of alkyl halides is 3. The van der Waals surface area contributed by atoms with Crippen LogP contribution in [0.4, 0.5) is 13.2 Å². The monoisotopic (exact) mass is 273 g/mol. The Bertz CT molecular complexity index is 423. The van der Waals surface area contributed by atoms with Crippen molar-refractivity contribution in [2.45, 2.75) is 39.4 Å². The molecule has 0 fully saturated rings. The van der Waals surface area contributed by atoms with Crippen LogP contribution in [0.15, 0.2) is 24.3 Å². The Balaban J connectivity index is 2.91. The molecule has 0 aliphatic rings. The highest BCUT2D eigenvalue weighted by Gasteiger charge is 2.40. The highest BCUT2D eigenvalue weighted by atomic mass is 19.4. The number of rotatable bonds is 4. The van der Waals surface area contributed by atoms with Gasteiger partial charge in [0.05, 0.1) is 6.04 Å². The largest absolute Gasteiger partial charge is 0.471 e. The zero-order valence-corrected chi connectivity index (χ0v) is 11.2. The maximum atomic E-state index is 12.3. The molecule has 0 radical (unpaired) electrons. The molecule has 1 amide bonds. The van der Waals surface area contributed by atoms with Crippen molar-refractivity contribution >= 4 is 5.91 Å². The number of hydrogen-bond acceptors (Lipinski definition) is 1. The number of halogens is 3. The zero-order chi connectivity index (χ0) is 14.6. The van der Waals surface area contributed by atoms with Crippen molar-refractivity contribution in [3.63, 3.8) is 0 Å². The Morgan fingerprint density at radius 3 is 2.11 bits per heavy atom. The van der Waals surface area contributed by atoms with Crippen LogP contribution in [-0.2, 0) is 11.2 Å². The van der Waals surface area contributed by atoms with E-state index in [4.69, 9.17) is 0 Å². The van der Waals surface area contributed by atoms with E-state index in [0.29, 0.717) is 5.56 Å². The maximum Gasteiger partial charge on any atom is 0.471 e. The second kappa shape index (κ2) is 6.08. The van der Waals surface area contributed by atoms with Gasteiger partial charge in [-0.2, -0.15) is 13.2 Å². The molecule has 1 aromatic carbocycles. The SMILES string of the molecule is CCc1ccc(C(NC(=O)C(F)(F)F)C(C)C)cc1. The van der Waals surface area contributed by atoms with E-state index in [9.17, 15) is 18.0 Å². The number of amides is 1. The van der Waals surface area contributed by atoms with Gasteiger partial charge in [0.1, 0.15) is 0 Å². The normalized spacial score (nSPS) is 13.4. The van der Waals surface area contributed by atoms with E-state index in [-0.39, 0.29) is 5.92 Å². The number of aryl methyl sites for hydroxylation is 1. The number of benzene rings is 1. The first-order valence-electron chi connectivity index (χ1n) is 6.22. The summed E-state index contributed by atoms with van der Waals surface area (Å²) in [6.07, 6.45) is -3.99. The van der Waals surface area contributed by atoms with Crippen molar-refractivity contribution in [3.05, 3.63) is 35.4 Å². The molecule has 0 saturated carbocycles. The molecule has 0 bridgehead atoms. The van der Waals surface area contributed by atoms with Gasteiger partial charge in [-0.25, -0.2) is 0 Å². The van der Waals surface area contributed by atoms with Gasteiger partial charge in [-0.15, -0.1) is 0 Å². The van der Waals surface area contributed by atoms with Crippen molar-refractivity contribution in [1.82, 2.24) is 5.32 Å². The third-order valence-electron chi connectivity index (χ3n) is 2.96. The predicted molar refractivity (Wildman–Crippen MR) is 67.6 cm³/mol. The Kier molecular flexibility index (Phi) is 4.97. The van der Waals surface area contributed by atoms with Crippen LogP contribution in [0.3, 0.4) is 0 Å². The first-order valence-corrected chi connectivity index (χ1v) is 6.22. The second-order valence-corrected chi connectivity index (χ2v) is 4.79. The minimum absolute atomic E-state index is 0.126. The molecule has 0 aromatic heterocycles. The Hall–Kier alpha value is -1.52. The second-order valence-electron chi connectivity index (χ2n) is 4.79. The van der Waals surface area contributed by atoms with E-state index in [1.54, 1.807) is 26.0 Å². The van der Waals surface area contributed by atoms with Crippen molar-refractivity contribution in [3.8, 4) is 0 Å². The maximum absolute atomic E-state index is 12.3. The van der Waals surface area contributed by atoms with E-state index in [0.717, 1.165) is 12.0 Å². The Morgan fingerprint density at radius 1 is 1.21 bits per heavy atom. The number of hydrogen-bond donors (Lipinski definition) is 1. The first kappa shape index (κ1) is 15.5. The third-order valence-corrected chi connectivity index (χ3v) is 2.96. The van der Waals surface area contributed by atoms with Crippen LogP contribution in [0.1, 0.15) is 37.9 Å². The Labute approximate surface area is 111 Å². The van der Waals surface area contributed by atoms with Gasteiger partial charge in [0.25, 0.3) is 0 Å². The van der Waals surface area contributed by atoms with E-state index in [1.807, 2.05) is 24.4 Å². The summed E-state index contributed by atoms with van der Waals surface area (Å²) in [6, 6.07) is 6.62. The van der Waals surface area contributed by atoms with Crippen LogP contribution < -0.4 is 5.32 Å². The smallest absolute Gasteiger partial charge is 0.341 e. The zero-order valence-electron chi connectivity index (χ0n) is 11.2. The van der Waals surface area contributed by atoms with Crippen molar-refractivity contribution in [2.24, 2.45) is 5.92 Å². The molecule has 1 unspecified atom stereocenters. The summed E-state index contributed by atoms with van der Waals surface area (Å²) in [5, 5.41) is 2.05. The summed E-state index contributed by atoms with van der Waals surface area (Å²) in [5.41, 5.74) is 1.79.